The number of nitrogens with zero attached hydrogens (tertiary/aromatic N) is 2. The van der Waals surface area contributed by atoms with Crippen molar-refractivity contribution in [1.82, 2.24) is 9.55 Å². The zero-order valence-corrected chi connectivity index (χ0v) is 13.4. The molecule has 114 valence electrons. The number of rotatable bonds is 3. The van der Waals surface area contributed by atoms with E-state index < -0.39 is 0 Å². The van der Waals surface area contributed by atoms with Crippen LogP contribution < -0.4 is 0 Å². The van der Waals surface area contributed by atoms with Crippen molar-refractivity contribution in [1.29, 1.82) is 0 Å². The first-order valence-electron chi connectivity index (χ1n) is 7.34. The second kappa shape index (κ2) is 5.59. The van der Waals surface area contributed by atoms with Crippen LogP contribution in [0.25, 0.3) is 10.9 Å². The molecule has 2 aromatic rings. The average molecular weight is 309 g/mol. The molecule has 0 radical (unpaired) electrons. The number of pyridine rings is 1. The highest BCUT2D eigenvalue weighted by atomic mass is 35.5. The second-order valence-electron chi connectivity index (χ2n) is 6.47. The molecule has 3 heterocycles. The van der Waals surface area contributed by atoms with Gasteiger partial charge in [-0.1, -0.05) is 11.6 Å². The Balaban J connectivity index is 1.72. The van der Waals surface area contributed by atoms with Crippen LogP contribution in [0.2, 0.25) is 5.15 Å². The van der Waals surface area contributed by atoms with Crippen molar-refractivity contribution in [2.24, 2.45) is 0 Å². The quantitative estimate of drug-likeness (QED) is 0.798. The number of halogens is 1. The lowest BCUT2D eigenvalue weighted by molar-refractivity contribution is -0.0816. The van der Waals surface area contributed by atoms with Crippen LogP contribution in [0.5, 0.6) is 0 Å². The zero-order valence-electron chi connectivity index (χ0n) is 12.7. The summed E-state index contributed by atoms with van der Waals surface area (Å²) < 4.78 is 14.1. The molecular weight excluding hydrogens is 288 g/mol. The third kappa shape index (κ3) is 3.23. The van der Waals surface area contributed by atoms with E-state index in [4.69, 9.17) is 21.1 Å². The summed E-state index contributed by atoms with van der Waals surface area (Å²) in [5.41, 5.74) is 0.943. The molecule has 5 heteroatoms. The molecule has 1 saturated heterocycles. The molecule has 1 aliphatic rings. The monoisotopic (exact) mass is 308 g/mol. The highest BCUT2D eigenvalue weighted by Gasteiger charge is 2.28. The molecular formula is C16H21ClN2O2. The molecule has 2 atom stereocenters. The van der Waals surface area contributed by atoms with Crippen molar-refractivity contribution >= 4 is 22.5 Å². The maximum atomic E-state index is 6.12. The summed E-state index contributed by atoms with van der Waals surface area (Å²) in [7, 11) is 0. The molecule has 0 aromatic carbocycles. The second-order valence-corrected chi connectivity index (χ2v) is 6.83. The van der Waals surface area contributed by atoms with Crippen LogP contribution in [-0.2, 0) is 9.47 Å². The lowest BCUT2D eigenvalue weighted by Crippen LogP contribution is -2.26. The third-order valence-corrected chi connectivity index (χ3v) is 4.00. The zero-order chi connectivity index (χ0) is 15.0. The highest BCUT2D eigenvalue weighted by molar-refractivity contribution is 6.34. The molecule has 0 amide bonds. The number of fused-ring (bicyclic) bond motifs is 1. The molecule has 2 aromatic heterocycles. The van der Waals surface area contributed by atoms with Gasteiger partial charge < -0.3 is 14.0 Å². The average Bonchev–Trinajstić information content (AvgIpc) is 3.02. The Hall–Kier alpha value is -1.10. The Kier molecular flexibility index (Phi) is 3.95. The smallest absolute Gasteiger partial charge is 0.138 e. The van der Waals surface area contributed by atoms with Crippen LogP contribution in [0, 0.1) is 0 Å². The molecule has 3 rings (SSSR count). The predicted octanol–water partition coefficient (Wildman–Crippen LogP) is 4.18. The van der Waals surface area contributed by atoms with Crippen LogP contribution in [0.15, 0.2) is 24.5 Å². The summed E-state index contributed by atoms with van der Waals surface area (Å²) in [5.74, 6) is 0. The minimum atomic E-state index is -0.124. The summed E-state index contributed by atoms with van der Waals surface area (Å²) in [6.07, 6.45) is 5.96. The summed E-state index contributed by atoms with van der Waals surface area (Å²) in [5, 5.41) is 1.51. The lowest BCUT2D eigenvalue weighted by atomic mass is 10.2. The normalized spacial score (nSPS) is 23.0. The van der Waals surface area contributed by atoms with E-state index in [1.807, 2.05) is 18.3 Å². The summed E-state index contributed by atoms with van der Waals surface area (Å²) >= 11 is 6.12. The van der Waals surface area contributed by atoms with Crippen LogP contribution >= 0.6 is 11.6 Å². The van der Waals surface area contributed by atoms with Gasteiger partial charge in [0.1, 0.15) is 11.4 Å². The van der Waals surface area contributed by atoms with Gasteiger partial charge in [0, 0.05) is 17.8 Å². The summed E-state index contributed by atoms with van der Waals surface area (Å²) in [6, 6.07) is 3.97. The van der Waals surface area contributed by atoms with Gasteiger partial charge >= 0.3 is 0 Å². The fraction of sp³-hybridized carbons (Fsp3) is 0.562. The molecule has 2 unspecified atom stereocenters. The summed E-state index contributed by atoms with van der Waals surface area (Å²) in [4.78, 5) is 4.11. The number of ether oxygens (including phenoxy) is 2. The first kappa shape index (κ1) is 14.8. The minimum Gasteiger partial charge on any atom is -0.373 e. The SMILES string of the molecule is CC(C)(C)OCC1CCC(n2ccc3c(Cl)nccc32)O1. The number of hydrogen-bond acceptors (Lipinski definition) is 3. The largest absolute Gasteiger partial charge is 0.373 e. The van der Waals surface area contributed by atoms with Crippen molar-refractivity contribution in [2.45, 2.75) is 51.5 Å². The molecule has 4 nitrogen and oxygen atoms in total. The van der Waals surface area contributed by atoms with Crippen LogP contribution in [0.4, 0.5) is 0 Å². The van der Waals surface area contributed by atoms with E-state index in [2.05, 4.69) is 30.3 Å². The fourth-order valence-electron chi connectivity index (χ4n) is 2.66. The van der Waals surface area contributed by atoms with Crippen molar-refractivity contribution < 1.29 is 9.47 Å². The Labute approximate surface area is 130 Å². The van der Waals surface area contributed by atoms with Crippen molar-refractivity contribution in [3.63, 3.8) is 0 Å². The Morgan fingerprint density at radius 2 is 2.19 bits per heavy atom. The maximum Gasteiger partial charge on any atom is 0.138 e. The van der Waals surface area contributed by atoms with E-state index in [0.29, 0.717) is 11.8 Å². The van der Waals surface area contributed by atoms with Gasteiger partial charge in [-0.3, -0.25) is 0 Å². The van der Waals surface area contributed by atoms with Gasteiger partial charge in [-0.2, -0.15) is 0 Å². The van der Waals surface area contributed by atoms with Gasteiger partial charge in [-0.05, 0) is 45.7 Å². The van der Waals surface area contributed by atoms with Crippen LogP contribution in [0.1, 0.15) is 39.8 Å². The summed E-state index contributed by atoms with van der Waals surface area (Å²) in [6.45, 7) is 6.83. The number of aromatic nitrogens is 2. The molecule has 0 bridgehead atoms. The van der Waals surface area contributed by atoms with Crippen LogP contribution in [0.3, 0.4) is 0 Å². The van der Waals surface area contributed by atoms with Gasteiger partial charge in [-0.15, -0.1) is 0 Å². The highest BCUT2D eigenvalue weighted by Crippen LogP contribution is 2.33. The predicted molar refractivity (Wildman–Crippen MR) is 83.6 cm³/mol. The van der Waals surface area contributed by atoms with Gasteiger partial charge in [0.25, 0.3) is 0 Å². The molecule has 0 N–H and O–H groups in total. The van der Waals surface area contributed by atoms with Crippen LogP contribution in [-0.4, -0.2) is 27.9 Å². The molecule has 1 fully saturated rings. The standard InChI is InChI=1S/C16H21ClN2O2/c1-16(2,3)20-10-11-4-5-14(21-11)19-9-7-12-13(19)6-8-18-15(12)17/h6-9,11,14H,4-5,10H2,1-3H3. The molecule has 0 aliphatic carbocycles. The van der Waals surface area contributed by atoms with Crippen molar-refractivity contribution in [3.05, 3.63) is 29.7 Å². The third-order valence-electron chi connectivity index (χ3n) is 3.70. The van der Waals surface area contributed by atoms with Gasteiger partial charge in [-0.25, -0.2) is 4.98 Å². The Bertz CT molecular complexity index is 633. The maximum absolute atomic E-state index is 6.12. The van der Waals surface area contributed by atoms with Gasteiger partial charge in [0.15, 0.2) is 0 Å². The molecule has 1 aliphatic heterocycles. The molecule has 0 spiro atoms. The molecule has 0 saturated carbocycles. The van der Waals surface area contributed by atoms with E-state index in [0.717, 1.165) is 23.7 Å². The van der Waals surface area contributed by atoms with Crippen molar-refractivity contribution in [2.75, 3.05) is 6.61 Å². The minimum absolute atomic E-state index is 0.0505. The fourth-order valence-corrected chi connectivity index (χ4v) is 2.88. The lowest BCUT2D eigenvalue weighted by Gasteiger charge is -2.22. The van der Waals surface area contributed by atoms with E-state index in [1.165, 1.54) is 0 Å². The van der Waals surface area contributed by atoms with Gasteiger partial charge in [0.05, 0.1) is 23.8 Å². The Morgan fingerprint density at radius 3 is 2.95 bits per heavy atom. The molecule has 21 heavy (non-hydrogen) atoms. The topological polar surface area (TPSA) is 36.3 Å². The number of hydrogen-bond donors (Lipinski definition) is 0. The van der Waals surface area contributed by atoms with E-state index >= 15 is 0 Å². The first-order chi connectivity index (χ1) is 9.94. The van der Waals surface area contributed by atoms with E-state index in [9.17, 15) is 0 Å². The first-order valence-corrected chi connectivity index (χ1v) is 7.72. The Morgan fingerprint density at radius 1 is 1.38 bits per heavy atom. The van der Waals surface area contributed by atoms with Crippen molar-refractivity contribution in [3.8, 4) is 0 Å². The van der Waals surface area contributed by atoms with Gasteiger partial charge in [0.2, 0.25) is 0 Å². The van der Waals surface area contributed by atoms with E-state index in [1.54, 1.807) is 6.20 Å². The van der Waals surface area contributed by atoms with E-state index in [-0.39, 0.29) is 17.9 Å².